The van der Waals surface area contributed by atoms with E-state index in [-0.39, 0.29) is 22.8 Å². The number of benzene rings is 1. The van der Waals surface area contributed by atoms with Crippen molar-refractivity contribution >= 4 is 30.2 Å². The largest absolute Gasteiger partial charge is 0.507 e. The number of nitrogens with two attached hydrogens (primary N) is 1. The van der Waals surface area contributed by atoms with Crippen LogP contribution in [0.5, 0.6) is 5.75 Å². The van der Waals surface area contributed by atoms with Gasteiger partial charge in [0.25, 0.3) is 0 Å². The maximum Gasteiger partial charge on any atom is 0.339 e. The van der Waals surface area contributed by atoms with Crippen molar-refractivity contribution in [3.8, 4) is 5.75 Å². The smallest absolute Gasteiger partial charge is 0.339 e. The SMILES string of the molecule is N[C@@H](CS)C(=O)Nc1ccc(O)c(C(=O)O)c1. The monoisotopic (exact) mass is 256 g/mol. The number of carbonyl (C=O) groups excluding carboxylic acids is 1. The second-order valence-corrected chi connectivity index (χ2v) is 3.68. The molecule has 6 nitrogen and oxygen atoms in total. The van der Waals surface area contributed by atoms with E-state index in [2.05, 4.69) is 17.9 Å². The molecule has 0 radical (unpaired) electrons. The molecule has 0 bridgehead atoms. The Kier molecular flexibility index (Phi) is 4.36. The van der Waals surface area contributed by atoms with Crippen LogP contribution in [0.1, 0.15) is 10.4 Å². The predicted octanol–water partition coefficient (Wildman–Crippen LogP) is 0.286. The Labute approximate surface area is 103 Å². The highest BCUT2D eigenvalue weighted by atomic mass is 32.1. The van der Waals surface area contributed by atoms with Gasteiger partial charge >= 0.3 is 5.97 Å². The van der Waals surface area contributed by atoms with Crippen molar-refractivity contribution in [2.45, 2.75) is 6.04 Å². The number of nitrogens with one attached hydrogen (secondary N) is 1. The van der Waals surface area contributed by atoms with Crippen molar-refractivity contribution in [3.05, 3.63) is 23.8 Å². The molecule has 1 aromatic carbocycles. The molecule has 0 heterocycles. The van der Waals surface area contributed by atoms with Crippen molar-refractivity contribution in [1.82, 2.24) is 0 Å². The van der Waals surface area contributed by atoms with Crippen molar-refractivity contribution in [1.29, 1.82) is 0 Å². The lowest BCUT2D eigenvalue weighted by Gasteiger charge is -2.10. The molecule has 0 spiro atoms. The van der Waals surface area contributed by atoms with Gasteiger partial charge in [0, 0.05) is 11.4 Å². The molecule has 0 aliphatic carbocycles. The third kappa shape index (κ3) is 3.36. The Hall–Kier alpha value is -1.73. The Morgan fingerprint density at radius 3 is 2.65 bits per heavy atom. The quantitative estimate of drug-likeness (QED) is 0.392. The van der Waals surface area contributed by atoms with Crippen molar-refractivity contribution in [2.75, 3.05) is 11.1 Å². The van der Waals surface area contributed by atoms with Gasteiger partial charge in [-0.15, -0.1) is 0 Å². The standard InChI is InChI=1S/C10H12N2O4S/c11-7(4-17)9(14)12-5-1-2-8(13)6(3-5)10(15)16/h1-3,7,13,17H,4,11H2,(H,12,14)(H,15,16)/t7-/m0/s1. The van der Waals surface area contributed by atoms with Gasteiger partial charge in [-0.1, -0.05) is 0 Å². The fourth-order valence-electron chi connectivity index (χ4n) is 1.10. The minimum atomic E-state index is -1.28. The lowest BCUT2D eigenvalue weighted by molar-refractivity contribution is -0.116. The van der Waals surface area contributed by atoms with Crippen LogP contribution in [-0.2, 0) is 4.79 Å². The summed E-state index contributed by atoms with van der Waals surface area (Å²) in [5, 5.41) is 20.5. The highest BCUT2D eigenvalue weighted by molar-refractivity contribution is 7.80. The van der Waals surface area contributed by atoms with E-state index in [9.17, 15) is 14.7 Å². The molecular weight excluding hydrogens is 244 g/mol. The second-order valence-electron chi connectivity index (χ2n) is 3.32. The zero-order valence-electron chi connectivity index (χ0n) is 8.75. The number of aromatic hydroxyl groups is 1. The minimum Gasteiger partial charge on any atom is -0.507 e. The number of thiol groups is 1. The zero-order valence-corrected chi connectivity index (χ0v) is 9.65. The molecule has 0 aromatic heterocycles. The number of carbonyl (C=O) groups is 2. The van der Waals surface area contributed by atoms with E-state index < -0.39 is 17.9 Å². The Morgan fingerprint density at radius 2 is 2.12 bits per heavy atom. The first-order chi connectivity index (χ1) is 7.95. The first-order valence-corrected chi connectivity index (χ1v) is 5.32. The van der Waals surface area contributed by atoms with Crippen LogP contribution in [-0.4, -0.2) is 33.9 Å². The summed E-state index contributed by atoms with van der Waals surface area (Å²) in [5.74, 6) is -1.94. The fraction of sp³-hybridized carbons (Fsp3) is 0.200. The van der Waals surface area contributed by atoms with Crippen molar-refractivity contribution < 1.29 is 19.8 Å². The van der Waals surface area contributed by atoms with Crippen LogP contribution >= 0.6 is 12.6 Å². The summed E-state index contributed by atoms with van der Waals surface area (Å²) in [6.07, 6.45) is 0. The predicted molar refractivity (Wildman–Crippen MR) is 65.5 cm³/mol. The van der Waals surface area contributed by atoms with Crippen LogP contribution in [0.2, 0.25) is 0 Å². The van der Waals surface area contributed by atoms with Crippen LogP contribution in [0, 0.1) is 0 Å². The number of amides is 1. The van der Waals surface area contributed by atoms with E-state index in [1.807, 2.05) is 0 Å². The lowest BCUT2D eigenvalue weighted by atomic mass is 10.1. The molecule has 0 saturated heterocycles. The topological polar surface area (TPSA) is 113 Å². The number of rotatable bonds is 4. The Bertz CT molecular complexity index is 450. The average Bonchev–Trinajstić information content (AvgIpc) is 2.30. The number of anilines is 1. The summed E-state index contributed by atoms with van der Waals surface area (Å²) in [6.45, 7) is 0. The molecule has 0 aliphatic heterocycles. The maximum absolute atomic E-state index is 11.4. The van der Waals surface area contributed by atoms with Crippen LogP contribution in [0.3, 0.4) is 0 Å². The van der Waals surface area contributed by atoms with Gasteiger partial charge in [-0.25, -0.2) is 4.79 Å². The normalized spacial score (nSPS) is 11.9. The van der Waals surface area contributed by atoms with Gasteiger partial charge in [-0.3, -0.25) is 4.79 Å². The molecular formula is C10H12N2O4S. The summed E-state index contributed by atoms with van der Waals surface area (Å²) >= 11 is 3.87. The number of aromatic carboxylic acids is 1. The van der Waals surface area contributed by atoms with Gasteiger partial charge in [0.05, 0.1) is 6.04 Å². The highest BCUT2D eigenvalue weighted by Crippen LogP contribution is 2.21. The molecule has 0 unspecified atom stereocenters. The molecule has 1 atom stereocenters. The maximum atomic E-state index is 11.4. The van der Waals surface area contributed by atoms with Crippen LogP contribution in [0.25, 0.3) is 0 Å². The first kappa shape index (κ1) is 13.3. The van der Waals surface area contributed by atoms with E-state index >= 15 is 0 Å². The van der Waals surface area contributed by atoms with Gasteiger partial charge in [-0.05, 0) is 18.2 Å². The molecule has 0 saturated carbocycles. The van der Waals surface area contributed by atoms with Gasteiger partial charge in [0.1, 0.15) is 11.3 Å². The van der Waals surface area contributed by atoms with E-state index in [0.717, 1.165) is 6.07 Å². The average molecular weight is 256 g/mol. The summed E-state index contributed by atoms with van der Waals surface area (Å²) in [5.41, 5.74) is 5.40. The molecule has 1 aromatic rings. The number of hydrogen-bond acceptors (Lipinski definition) is 5. The fourth-order valence-corrected chi connectivity index (χ4v) is 1.27. The number of carboxylic acids is 1. The molecule has 7 heteroatoms. The van der Waals surface area contributed by atoms with Crippen LogP contribution < -0.4 is 11.1 Å². The highest BCUT2D eigenvalue weighted by Gasteiger charge is 2.14. The van der Waals surface area contributed by atoms with E-state index in [1.54, 1.807) is 0 Å². The summed E-state index contributed by atoms with van der Waals surface area (Å²) in [4.78, 5) is 22.2. The second kappa shape index (κ2) is 5.55. The molecule has 0 fully saturated rings. The van der Waals surface area contributed by atoms with Crippen molar-refractivity contribution in [3.63, 3.8) is 0 Å². The molecule has 0 aliphatic rings. The molecule has 1 rings (SSSR count). The lowest BCUT2D eigenvalue weighted by Crippen LogP contribution is -2.37. The first-order valence-electron chi connectivity index (χ1n) is 4.69. The van der Waals surface area contributed by atoms with E-state index in [0.29, 0.717) is 0 Å². The molecule has 5 N–H and O–H groups in total. The zero-order chi connectivity index (χ0) is 13.0. The van der Waals surface area contributed by atoms with Gasteiger partial charge in [-0.2, -0.15) is 12.6 Å². The number of carboxylic acid groups (broad SMARTS) is 1. The third-order valence-electron chi connectivity index (χ3n) is 2.03. The molecule has 92 valence electrons. The van der Waals surface area contributed by atoms with E-state index in [4.69, 9.17) is 10.8 Å². The summed E-state index contributed by atoms with van der Waals surface area (Å²) in [6, 6.07) is 2.94. The third-order valence-corrected chi connectivity index (χ3v) is 2.42. The van der Waals surface area contributed by atoms with Gasteiger partial charge in [0.2, 0.25) is 5.91 Å². The summed E-state index contributed by atoms with van der Waals surface area (Å²) in [7, 11) is 0. The van der Waals surface area contributed by atoms with Crippen molar-refractivity contribution in [2.24, 2.45) is 5.73 Å². The Morgan fingerprint density at radius 1 is 1.47 bits per heavy atom. The number of hydrogen-bond donors (Lipinski definition) is 5. The van der Waals surface area contributed by atoms with Gasteiger partial charge < -0.3 is 21.3 Å². The van der Waals surface area contributed by atoms with E-state index in [1.165, 1.54) is 12.1 Å². The Balaban J connectivity index is 2.90. The number of phenols is 1. The molecule has 17 heavy (non-hydrogen) atoms. The van der Waals surface area contributed by atoms with Crippen LogP contribution in [0.4, 0.5) is 5.69 Å². The van der Waals surface area contributed by atoms with Gasteiger partial charge in [0.15, 0.2) is 0 Å². The van der Waals surface area contributed by atoms with Crippen LogP contribution in [0.15, 0.2) is 18.2 Å². The molecule has 1 amide bonds. The minimum absolute atomic E-state index is 0.176. The summed E-state index contributed by atoms with van der Waals surface area (Å²) < 4.78 is 0.